The van der Waals surface area contributed by atoms with Gasteiger partial charge in [-0.25, -0.2) is 8.42 Å². The first kappa shape index (κ1) is 14.3. The zero-order valence-electron chi connectivity index (χ0n) is 11.4. The highest BCUT2D eigenvalue weighted by molar-refractivity contribution is 7.91. The van der Waals surface area contributed by atoms with Gasteiger partial charge in [-0.2, -0.15) is 0 Å². The van der Waals surface area contributed by atoms with Gasteiger partial charge < -0.3 is 5.11 Å². The van der Waals surface area contributed by atoms with E-state index in [1.54, 1.807) is 24.3 Å². The first-order valence-electron chi connectivity index (χ1n) is 6.55. The van der Waals surface area contributed by atoms with Crippen LogP contribution in [0.2, 0.25) is 0 Å². The molecule has 0 unspecified atom stereocenters. The Hall–Kier alpha value is -2.66. The maximum atomic E-state index is 12.8. The maximum Gasteiger partial charge on any atom is 0.207 e. The SMILES string of the molecule is O=Cc1ccc(S(=O)(=O)c2ccc(O)cc2)c2ccccc12. The van der Waals surface area contributed by atoms with E-state index in [4.69, 9.17) is 0 Å². The molecule has 3 aromatic rings. The van der Waals surface area contributed by atoms with Crippen molar-refractivity contribution in [2.75, 3.05) is 0 Å². The smallest absolute Gasteiger partial charge is 0.207 e. The van der Waals surface area contributed by atoms with Crippen LogP contribution in [0.3, 0.4) is 0 Å². The third-order valence-electron chi connectivity index (χ3n) is 3.48. The minimum atomic E-state index is -3.73. The molecule has 1 N–H and O–H groups in total. The molecule has 5 heteroatoms. The Morgan fingerprint density at radius 3 is 2.09 bits per heavy atom. The first-order chi connectivity index (χ1) is 10.5. The molecule has 0 radical (unpaired) electrons. The van der Waals surface area contributed by atoms with Gasteiger partial charge in [-0.1, -0.05) is 24.3 Å². The zero-order valence-corrected chi connectivity index (χ0v) is 12.2. The summed E-state index contributed by atoms with van der Waals surface area (Å²) in [6.45, 7) is 0. The van der Waals surface area contributed by atoms with Gasteiger partial charge in [0, 0.05) is 10.9 Å². The van der Waals surface area contributed by atoms with E-state index in [0.29, 0.717) is 22.6 Å². The molecule has 110 valence electrons. The number of hydrogen-bond acceptors (Lipinski definition) is 4. The van der Waals surface area contributed by atoms with Gasteiger partial charge >= 0.3 is 0 Å². The molecular weight excluding hydrogens is 300 g/mol. The predicted molar refractivity (Wildman–Crippen MR) is 82.9 cm³/mol. The van der Waals surface area contributed by atoms with Crippen LogP contribution in [0.4, 0.5) is 0 Å². The quantitative estimate of drug-likeness (QED) is 0.754. The van der Waals surface area contributed by atoms with Crippen LogP contribution in [0.1, 0.15) is 10.4 Å². The van der Waals surface area contributed by atoms with Crippen LogP contribution in [0, 0.1) is 0 Å². The summed E-state index contributed by atoms with van der Waals surface area (Å²) in [5.41, 5.74) is 0.445. The number of benzene rings is 3. The Morgan fingerprint density at radius 1 is 0.818 bits per heavy atom. The molecule has 0 saturated carbocycles. The van der Waals surface area contributed by atoms with Crippen molar-refractivity contribution in [3.8, 4) is 5.75 Å². The van der Waals surface area contributed by atoms with E-state index < -0.39 is 9.84 Å². The molecule has 22 heavy (non-hydrogen) atoms. The summed E-state index contributed by atoms with van der Waals surface area (Å²) in [4.78, 5) is 11.3. The molecule has 0 aliphatic heterocycles. The van der Waals surface area contributed by atoms with Gasteiger partial charge in [0.1, 0.15) is 5.75 Å². The molecule has 4 nitrogen and oxygen atoms in total. The van der Waals surface area contributed by atoms with E-state index in [-0.39, 0.29) is 15.5 Å². The number of phenolic OH excluding ortho intramolecular Hbond substituents is 1. The van der Waals surface area contributed by atoms with Crippen LogP contribution in [0.15, 0.2) is 70.5 Å². The third-order valence-corrected chi connectivity index (χ3v) is 5.31. The molecule has 0 atom stereocenters. The van der Waals surface area contributed by atoms with E-state index >= 15 is 0 Å². The summed E-state index contributed by atoms with van der Waals surface area (Å²) >= 11 is 0. The Morgan fingerprint density at radius 2 is 1.45 bits per heavy atom. The van der Waals surface area contributed by atoms with E-state index in [1.807, 2.05) is 0 Å². The highest BCUT2D eigenvalue weighted by Gasteiger charge is 2.21. The van der Waals surface area contributed by atoms with Crippen molar-refractivity contribution in [1.82, 2.24) is 0 Å². The third kappa shape index (κ3) is 2.25. The molecule has 0 aliphatic carbocycles. The second kappa shape index (κ2) is 5.27. The minimum absolute atomic E-state index is 0.000103. The Kier molecular flexibility index (Phi) is 3.42. The molecule has 3 aromatic carbocycles. The predicted octanol–water partition coefficient (Wildman–Crippen LogP) is 3.19. The number of rotatable bonds is 3. The fraction of sp³-hybridized carbons (Fsp3) is 0. The second-order valence-corrected chi connectivity index (χ2v) is 6.73. The van der Waals surface area contributed by atoms with Gasteiger partial charge in [0.2, 0.25) is 9.84 Å². The van der Waals surface area contributed by atoms with Gasteiger partial charge in [-0.15, -0.1) is 0 Å². The molecular formula is C17H12O4S. The number of phenols is 1. The lowest BCUT2D eigenvalue weighted by Crippen LogP contribution is -2.03. The van der Waals surface area contributed by atoms with Gasteiger partial charge in [-0.05, 0) is 41.8 Å². The summed E-state index contributed by atoms with van der Waals surface area (Å²) in [6.07, 6.45) is 0.708. The zero-order chi connectivity index (χ0) is 15.7. The van der Waals surface area contributed by atoms with Crippen LogP contribution in [0.5, 0.6) is 5.75 Å². The first-order valence-corrected chi connectivity index (χ1v) is 8.03. The molecule has 0 aromatic heterocycles. The van der Waals surface area contributed by atoms with Crippen molar-refractivity contribution < 1.29 is 18.3 Å². The standard InChI is InChI=1S/C17H12O4S/c18-11-12-5-10-17(16-4-2-1-3-15(12)16)22(20,21)14-8-6-13(19)7-9-14/h1-11,19H. The summed E-state index contributed by atoms with van der Waals surface area (Å²) in [6, 6.07) is 15.2. The van der Waals surface area contributed by atoms with E-state index in [0.717, 1.165) is 0 Å². The summed E-state index contributed by atoms with van der Waals surface area (Å²) in [5, 5.41) is 10.4. The maximum absolute atomic E-state index is 12.8. The second-order valence-electron chi connectivity index (χ2n) is 4.81. The van der Waals surface area contributed by atoms with Crippen LogP contribution in [-0.4, -0.2) is 19.8 Å². The van der Waals surface area contributed by atoms with Crippen LogP contribution >= 0.6 is 0 Å². The number of sulfone groups is 1. The lowest BCUT2D eigenvalue weighted by molar-refractivity contribution is 0.112. The highest BCUT2D eigenvalue weighted by atomic mass is 32.2. The van der Waals surface area contributed by atoms with Crippen molar-refractivity contribution in [1.29, 1.82) is 0 Å². The number of hydrogen-bond donors (Lipinski definition) is 1. The van der Waals surface area contributed by atoms with Crippen LogP contribution < -0.4 is 0 Å². The Balaban J connectivity index is 2.30. The minimum Gasteiger partial charge on any atom is -0.508 e. The van der Waals surface area contributed by atoms with E-state index in [1.165, 1.54) is 36.4 Å². The van der Waals surface area contributed by atoms with Crippen molar-refractivity contribution in [2.45, 2.75) is 9.79 Å². The number of aromatic hydroxyl groups is 1. The molecule has 0 spiro atoms. The average molecular weight is 312 g/mol. The molecule has 3 rings (SSSR count). The fourth-order valence-electron chi connectivity index (χ4n) is 2.38. The van der Waals surface area contributed by atoms with Gasteiger partial charge in [0.15, 0.2) is 6.29 Å². The summed E-state index contributed by atoms with van der Waals surface area (Å²) in [7, 11) is -3.73. The highest BCUT2D eigenvalue weighted by Crippen LogP contribution is 2.30. The lowest BCUT2D eigenvalue weighted by atomic mass is 10.1. The molecule has 0 bridgehead atoms. The number of fused-ring (bicyclic) bond motifs is 1. The van der Waals surface area contributed by atoms with Gasteiger partial charge in [0.05, 0.1) is 9.79 Å². The fourth-order valence-corrected chi connectivity index (χ4v) is 3.85. The molecule has 0 aliphatic rings. The summed E-state index contributed by atoms with van der Waals surface area (Å²) in [5.74, 6) is 0.000103. The normalized spacial score (nSPS) is 11.5. The van der Waals surface area contributed by atoms with Crippen molar-refractivity contribution >= 4 is 26.9 Å². The Bertz CT molecular complexity index is 958. The number of aldehydes is 1. The van der Waals surface area contributed by atoms with Crippen molar-refractivity contribution in [3.63, 3.8) is 0 Å². The van der Waals surface area contributed by atoms with Gasteiger partial charge in [0.25, 0.3) is 0 Å². The number of carbonyl (C=O) groups excluding carboxylic acids is 1. The molecule has 0 fully saturated rings. The monoisotopic (exact) mass is 312 g/mol. The van der Waals surface area contributed by atoms with Crippen LogP contribution in [-0.2, 0) is 9.84 Å². The van der Waals surface area contributed by atoms with E-state index in [9.17, 15) is 18.3 Å². The average Bonchev–Trinajstić information content (AvgIpc) is 2.54. The van der Waals surface area contributed by atoms with Crippen LogP contribution in [0.25, 0.3) is 10.8 Å². The largest absolute Gasteiger partial charge is 0.508 e. The van der Waals surface area contributed by atoms with E-state index in [2.05, 4.69) is 0 Å². The molecule has 0 saturated heterocycles. The Labute approximate surface area is 127 Å². The van der Waals surface area contributed by atoms with Gasteiger partial charge in [-0.3, -0.25) is 4.79 Å². The lowest BCUT2D eigenvalue weighted by Gasteiger charge is -2.10. The number of carbonyl (C=O) groups is 1. The molecule has 0 heterocycles. The summed E-state index contributed by atoms with van der Waals surface area (Å²) < 4.78 is 25.6. The van der Waals surface area contributed by atoms with Crippen molar-refractivity contribution in [2.24, 2.45) is 0 Å². The molecule has 0 amide bonds. The topological polar surface area (TPSA) is 71.4 Å². The van der Waals surface area contributed by atoms with Crippen molar-refractivity contribution in [3.05, 3.63) is 66.2 Å².